The van der Waals surface area contributed by atoms with Gasteiger partial charge in [-0.15, -0.1) is 0 Å². The van der Waals surface area contributed by atoms with Gasteiger partial charge in [0.15, 0.2) is 5.65 Å². The number of imidazole rings is 1. The third kappa shape index (κ3) is 5.71. The highest BCUT2D eigenvalue weighted by atomic mass is 15.3. The Balaban J connectivity index is 1.35. The molecule has 33 heavy (non-hydrogen) atoms. The van der Waals surface area contributed by atoms with Crippen LogP contribution in [0.2, 0.25) is 0 Å². The number of hydrogen-bond donors (Lipinski definition) is 0. The van der Waals surface area contributed by atoms with Gasteiger partial charge < -0.3 is 9.47 Å². The minimum atomic E-state index is 0.667. The molecule has 0 aliphatic carbocycles. The molecule has 0 bridgehead atoms. The molecule has 0 saturated carbocycles. The number of hydrogen-bond acceptors (Lipinski definition) is 4. The zero-order valence-corrected chi connectivity index (χ0v) is 21.0. The van der Waals surface area contributed by atoms with Crippen LogP contribution in [0.3, 0.4) is 0 Å². The highest BCUT2D eigenvalue weighted by molar-refractivity contribution is 5.76. The zero-order valence-electron chi connectivity index (χ0n) is 21.0. The van der Waals surface area contributed by atoms with Gasteiger partial charge in [0, 0.05) is 50.9 Å². The maximum absolute atomic E-state index is 4.87. The Morgan fingerprint density at radius 2 is 1.73 bits per heavy atom. The molecular formula is C28H39N5. The quantitative estimate of drug-likeness (QED) is 0.484. The summed E-state index contributed by atoms with van der Waals surface area (Å²) in [6, 6.07) is 11.7. The number of benzene rings is 1. The molecule has 3 aromatic rings. The molecule has 4 rings (SSSR count). The predicted molar refractivity (Wildman–Crippen MR) is 139 cm³/mol. The summed E-state index contributed by atoms with van der Waals surface area (Å²) < 4.78 is 2.28. The van der Waals surface area contributed by atoms with E-state index in [1.54, 1.807) is 0 Å². The lowest BCUT2D eigenvalue weighted by atomic mass is 10.1. The SMILES string of the molecule is CCc1nc2c(C)cc(C)nc2n1Cc1ccc(C=CCCN2CCN(C(C)C)CC2)cc1. The second kappa shape index (κ2) is 10.6. The zero-order chi connectivity index (χ0) is 23.4. The summed E-state index contributed by atoms with van der Waals surface area (Å²) in [5, 5.41) is 0. The normalized spacial score (nSPS) is 15.9. The summed E-state index contributed by atoms with van der Waals surface area (Å²) in [4.78, 5) is 14.8. The fraction of sp³-hybridized carbons (Fsp3) is 0.500. The number of rotatable bonds is 8. The van der Waals surface area contributed by atoms with Crippen molar-refractivity contribution in [3.63, 3.8) is 0 Å². The summed E-state index contributed by atoms with van der Waals surface area (Å²) >= 11 is 0. The summed E-state index contributed by atoms with van der Waals surface area (Å²) in [5.41, 5.74) is 6.83. The number of piperazine rings is 1. The van der Waals surface area contributed by atoms with E-state index in [4.69, 9.17) is 9.97 Å². The topological polar surface area (TPSA) is 37.2 Å². The van der Waals surface area contributed by atoms with E-state index in [-0.39, 0.29) is 0 Å². The molecule has 1 fully saturated rings. The molecule has 1 aliphatic rings. The van der Waals surface area contributed by atoms with Crippen molar-refractivity contribution in [2.45, 2.75) is 60.0 Å². The molecule has 0 N–H and O–H groups in total. The van der Waals surface area contributed by atoms with Crippen LogP contribution in [0.4, 0.5) is 0 Å². The lowest BCUT2D eigenvalue weighted by molar-refractivity contribution is 0.110. The van der Waals surface area contributed by atoms with Gasteiger partial charge >= 0.3 is 0 Å². The van der Waals surface area contributed by atoms with Crippen LogP contribution in [0.1, 0.15) is 55.4 Å². The van der Waals surface area contributed by atoms with Crippen molar-refractivity contribution >= 4 is 17.2 Å². The fourth-order valence-electron chi connectivity index (χ4n) is 4.78. The van der Waals surface area contributed by atoms with E-state index in [1.807, 2.05) is 0 Å². The van der Waals surface area contributed by atoms with E-state index in [1.165, 1.54) is 42.9 Å². The third-order valence-corrected chi connectivity index (χ3v) is 6.80. The Labute approximate surface area is 199 Å². The van der Waals surface area contributed by atoms with Crippen molar-refractivity contribution in [1.82, 2.24) is 24.3 Å². The summed E-state index contributed by atoms with van der Waals surface area (Å²) in [5.74, 6) is 1.10. The number of aryl methyl sites for hydroxylation is 3. The molecule has 5 heteroatoms. The predicted octanol–water partition coefficient (Wildman–Crippen LogP) is 5.09. The number of aromatic nitrogens is 3. The van der Waals surface area contributed by atoms with Crippen LogP contribution in [0.25, 0.3) is 17.2 Å². The lowest BCUT2D eigenvalue weighted by Gasteiger charge is -2.36. The van der Waals surface area contributed by atoms with Crippen LogP contribution in [0, 0.1) is 13.8 Å². The Bertz CT molecular complexity index is 1090. The van der Waals surface area contributed by atoms with Gasteiger partial charge in [-0.3, -0.25) is 4.90 Å². The first kappa shape index (κ1) is 23.7. The number of fused-ring (bicyclic) bond motifs is 1. The van der Waals surface area contributed by atoms with Crippen molar-refractivity contribution in [1.29, 1.82) is 0 Å². The molecule has 2 aromatic heterocycles. The van der Waals surface area contributed by atoms with Gasteiger partial charge in [0.1, 0.15) is 11.3 Å². The monoisotopic (exact) mass is 445 g/mol. The third-order valence-electron chi connectivity index (χ3n) is 6.80. The van der Waals surface area contributed by atoms with Crippen LogP contribution >= 0.6 is 0 Å². The van der Waals surface area contributed by atoms with Crippen LogP contribution in [-0.4, -0.2) is 63.1 Å². The standard InChI is InChI=1S/C28H39N5/c1-6-26-30-27-22(4)19-23(5)29-28(27)33(26)20-25-12-10-24(11-13-25)9-7-8-14-31-15-17-32(18-16-31)21(2)3/h7,9-13,19,21H,6,8,14-18,20H2,1-5H3. The van der Waals surface area contributed by atoms with Crippen LogP contribution < -0.4 is 0 Å². The summed E-state index contributed by atoms with van der Waals surface area (Å²) in [6.45, 7) is 17.7. The first-order chi connectivity index (χ1) is 15.9. The minimum Gasteiger partial charge on any atom is -0.308 e. The van der Waals surface area contributed by atoms with E-state index < -0.39 is 0 Å². The molecule has 0 amide bonds. The van der Waals surface area contributed by atoms with E-state index in [0.717, 1.165) is 48.6 Å². The van der Waals surface area contributed by atoms with E-state index in [2.05, 4.69) is 91.5 Å². The largest absolute Gasteiger partial charge is 0.308 e. The maximum Gasteiger partial charge on any atom is 0.160 e. The van der Waals surface area contributed by atoms with Crippen LogP contribution in [0.15, 0.2) is 36.4 Å². The molecule has 1 aliphatic heterocycles. The van der Waals surface area contributed by atoms with Crippen molar-refractivity contribution in [2.75, 3.05) is 32.7 Å². The Morgan fingerprint density at radius 1 is 1.00 bits per heavy atom. The Kier molecular flexibility index (Phi) is 7.61. The van der Waals surface area contributed by atoms with Gasteiger partial charge in [-0.1, -0.05) is 43.3 Å². The van der Waals surface area contributed by atoms with Gasteiger partial charge in [0.25, 0.3) is 0 Å². The molecule has 1 saturated heterocycles. The number of pyridine rings is 1. The van der Waals surface area contributed by atoms with E-state index in [9.17, 15) is 0 Å². The molecular weight excluding hydrogens is 406 g/mol. The smallest absolute Gasteiger partial charge is 0.160 e. The first-order valence-electron chi connectivity index (χ1n) is 12.5. The molecule has 0 spiro atoms. The Morgan fingerprint density at radius 3 is 2.39 bits per heavy atom. The van der Waals surface area contributed by atoms with Crippen molar-refractivity contribution in [2.24, 2.45) is 0 Å². The molecule has 0 unspecified atom stereocenters. The van der Waals surface area contributed by atoms with E-state index >= 15 is 0 Å². The van der Waals surface area contributed by atoms with Gasteiger partial charge in [0.2, 0.25) is 0 Å². The minimum absolute atomic E-state index is 0.667. The molecule has 0 atom stereocenters. The van der Waals surface area contributed by atoms with Crippen molar-refractivity contribution in [3.8, 4) is 0 Å². The average molecular weight is 446 g/mol. The Hall–Kier alpha value is -2.50. The lowest BCUT2D eigenvalue weighted by Crippen LogP contribution is -2.48. The second-order valence-electron chi connectivity index (χ2n) is 9.62. The molecule has 0 radical (unpaired) electrons. The molecule has 1 aromatic carbocycles. The summed E-state index contributed by atoms with van der Waals surface area (Å²) in [7, 11) is 0. The van der Waals surface area contributed by atoms with Gasteiger partial charge in [-0.25, -0.2) is 9.97 Å². The average Bonchev–Trinajstić information content (AvgIpc) is 3.15. The highest BCUT2D eigenvalue weighted by Gasteiger charge is 2.17. The van der Waals surface area contributed by atoms with Gasteiger partial charge in [-0.05, 0) is 56.9 Å². The first-order valence-corrected chi connectivity index (χ1v) is 12.5. The molecule has 3 heterocycles. The molecule has 5 nitrogen and oxygen atoms in total. The highest BCUT2D eigenvalue weighted by Crippen LogP contribution is 2.21. The van der Waals surface area contributed by atoms with E-state index in [0.29, 0.717) is 6.04 Å². The maximum atomic E-state index is 4.87. The van der Waals surface area contributed by atoms with Crippen molar-refractivity contribution in [3.05, 3.63) is 64.6 Å². The summed E-state index contributed by atoms with van der Waals surface area (Å²) in [6.07, 6.45) is 6.58. The number of nitrogens with zero attached hydrogens (tertiary/aromatic N) is 5. The molecule has 176 valence electrons. The van der Waals surface area contributed by atoms with Gasteiger partial charge in [-0.2, -0.15) is 0 Å². The fourth-order valence-corrected chi connectivity index (χ4v) is 4.78. The second-order valence-corrected chi connectivity index (χ2v) is 9.62. The van der Waals surface area contributed by atoms with Crippen LogP contribution in [0.5, 0.6) is 0 Å². The van der Waals surface area contributed by atoms with Crippen molar-refractivity contribution < 1.29 is 0 Å². The van der Waals surface area contributed by atoms with Crippen LogP contribution in [-0.2, 0) is 13.0 Å². The van der Waals surface area contributed by atoms with Gasteiger partial charge in [0.05, 0.1) is 6.54 Å².